The van der Waals surface area contributed by atoms with E-state index in [-0.39, 0.29) is 23.8 Å². The summed E-state index contributed by atoms with van der Waals surface area (Å²) in [6, 6.07) is 0.437. The second-order valence-electron chi connectivity index (χ2n) is 6.63. The van der Waals surface area contributed by atoms with Crippen LogP contribution in [0.15, 0.2) is 0 Å². The zero-order valence-corrected chi connectivity index (χ0v) is 12.0. The van der Waals surface area contributed by atoms with E-state index >= 15 is 0 Å². The third-order valence-electron chi connectivity index (χ3n) is 5.28. The molecular formula is C15H25N3O2. The molecule has 0 radical (unpaired) electrons. The SMILES string of the molecule is NC1CCC(CC(=O)N2CCCC3C(=O)NCC32)CC1. The lowest BCUT2D eigenvalue weighted by Gasteiger charge is -2.37. The number of hydrogen-bond donors (Lipinski definition) is 2. The van der Waals surface area contributed by atoms with Gasteiger partial charge in [-0.2, -0.15) is 0 Å². The van der Waals surface area contributed by atoms with Gasteiger partial charge in [0.1, 0.15) is 0 Å². The molecule has 2 heterocycles. The van der Waals surface area contributed by atoms with Crippen molar-refractivity contribution in [1.82, 2.24) is 10.2 Å². The van der Waals surface area contributed by atoms with Crippen LogP contribution in [0.4, 0.5) is 0 Å². The maximum absolute atomic E-state index is 12.6. The fourth-order valence-corrected chi connectivity index (χ4v) is 4.02. The first-order valence-corrected chi connectivity index (χ1v) is 7.98. The van der Waals surface area contributed by atoms with E-state index in [1.54, 1.807) is 0 Å². The molecule has 2 atom stereocenters. The summed E-state index contributed by atoms with van der Waals surface area (Å²) in [5, 5.41) is 2.91. The maximum atomic E-state index is 12.6. The molecule has 0 aromatic heterocycles. The molecule has 0 aromatic rings. The van der Waals surface area contributed by atoms with Crippen molar-refractivity contribution in [2.75, 3.05) is 13.1 Å². The Bertz CT molecular complexity index is 391. The molecule has 112 valence electrons. The minimum Gasteiger partial charge on any atom is -0.354 e. The van der Waals surface area contributed by atoms with Gasteiger partial charge in [0.2, 0.25) is 11.8 Å². The topological polar surface area (TPSA) is 75.4 Å². The van der Waals surface area contributed by atoms with Gasteiger partial charge in [0.05, 0.1) is 12.0 Å². The van der Waals surface area contributed by atoms with Crippen molar-refractivity contribution < 1.29 is 9.59 Å². The quantitative estimate of drug-likeness (QED) is 0.778. The summed E-state index contributed by atoms with van der Waals surface area (Å²) < 4.78 is 0. The number of carbonyl (C=O) groups excluding carboxylic acids is 2. The predicted octanol–water partition coefficient (Wildman–Crippen LogP) is 0.631. The van der Waals surface area contributed by atoms with Gasteiger partial charge in [0.15, 0.2) is 0 Å². The highest BCUT2D eigenvalue weighted by Gasteiger charge is 2.42. The molecule has 2 aliphatic heterocycles. The Hall–Kier alpha value is -1.10. The summed E-state index contributed by atoms with van der Waals surface area (Å²) >= 11 is 0. The first-order chi connectivity index (χ1) is 9.65. The van der Waals surface area contributed by atoms with Gasteiger partial charge < -0.3 is 16.0 Å². The Balaban J connectivity index is 1.58. The summed E-state index contributed by atoms with van der Waals surface area (Å²) in [5.74, 6) is 0.910. The van der Waals surface area contributed by atoms with E-state index in [2.05, 4.69) is 5.32 Å². The van der Waals surface area contributed by atoms with Crippen LogP contribution in [-0.2, 0) is 9.59 Å². The van der Waals surface area contributed by atoms with E-state index in [0.717, 1.165) is 45.1 Å². The molecule has 1 saturated carbocycles. The van der Waals surface area contributed by atoms with Gasteiger partial charge in [-0.15, -0.1) is 0 Å². The monoisotopic (exact) mass is 279 g/mol. The molecule has 2 amide bonds. The van der Waals surface area contributed by atoms with Gasteiger partial charge in [-0.3, -0.25) is 9.59 Å². The van der Waals surface area contributed by atoms with E-state index in [9.17, 15) is 9.59 Å². The lowest BCUT2D eigenvalue weighted by Crippen LogP contribution is -2.49. The second-order valence-corrected chi connectivity index (χ2v) is 6.63. The number of hydrogen-bond acceptors (Lipinski definition) is 3. The number of fused-ring (bicyclic) bond motifs is 1. The van der Waals surface area contributed by atoms with E-state index in [1.165, 1.54) is 0 Å². The van der Waals surface area contributed by atoms with Crippen molar-refractivity contribution in [2.24, 2.45) is 17.6 Å². The molecule has 0 spiro atoms. The molecule has 2 saturated heterocycles. The Morgan fingerprint density at radius 1 is 1.25 bits per heavy atom. The summed E-state index contributed by atoms with van der Waals surface area (Å²) in [6.45, 7) is 1.46. The predicted molar refractivity (Wildman–Crippen MR) is 75.8 cm³/mol. The lowest BCUT2D eigenvalue weighted by molar-refractivity contribution is -0.137. The van der Waals surface area contributed by atoms with Gasteiger partial charge in [-0.05, 0) is 44.4 Å². The van der Waals surface area contributed by atoms with Crippen LogP contribution >= 0.6 is 0 Å². The molecule has 0 bridgehead atoms. The van der Waals surface area contributed by atoms with Crippen LogP contribution in [0.3, 0.4) is 0 Å². The van der Waals surface area contributed by atoms with E-state index in [1.807, 2.05) is 4.90 Å². The van der Waals surface area contributed by atoms with Crippen LogP contribution in [0, 0.1) is 11.8 Å². The normalized spacial score (nSPS) is 37.5. The summed E-state index contributed by atoms with van der Waals surface area (Å²) in [6.07, 6.45) is 6.77. The largest absolute Gasteiger partial charge is 0.354 e. The number of nitrogens with two attached hydrogens (primary N) is 1. The van der Waals surface area contributed by atoms with Gasteiger partial charge in [-0.25, -0.2) is 0 Å². The minimum absolute atomic E-state index is 0.0347. The summed E-state index contributed by atoms with van der Waals surface area (Å²) in [7, 11) is 0. The fraction of sp³-hybridized carbons (Fsp3) is 0.867. The third-order valence-corrected chi connectivity index (χ3v) is 5.28. The number of rotatable bonds is 2. The molecule has 3 N–H and O–H groups in total. The van der Waals surface area contributed by atoms with Gasteiger partial charge >= 0.3 is 0 Å². The van der Waals surface area contributed by atoms with Crippen molar-refractivity contribution in [3.05, 3.63) is 0 Å². The van der Waals surface area contributed by atoms with Crippen LogP contribution in [0.5, 0.6) is 0 Å². The Labute approximate surface area is 120 Å². The van der Waals surface area contributed by atoms with Crippen LogP contribution in [0.25, 0.3) is 0 Å². The van der Waals surface area contributed by atoms with Gasteiger partial charge in [0, 0.05) is 25.6 Å². The lowest BCUT2D eigenvalue weighted by atomic mass is 9.83. The maximum Gasteiger partial charge on any atom is 0.225 e. The van der Waals surface area contributed by atoms with E-state index < -0.39 is 0 Å². The molecule has 5 heteroatoms. The van der Waals surface area contributed by atoms with Crippen molar-refractivity contribution in [3.63, 3.8) is 0 Å². The molecule has 0 aromatic carbocycles. The van der Waals surface area contributed by atoms with Crippen LogP contribution in [0.2, 0.25) is 0 Å². The third kappa shape index (κ3) is 2.68. The highest BCUT2D eigenvalue weighted by atomic mass is 16.2. The van der Waals surface area contributed by atoms with Gasteiger partial charge in [-0.1, -0.05) is 0 Å². The number of nitrogens with one attached hydrogen (secondary N) is 1. The minimum atomic E-state index is 0.0347. The van der Waals surface area contributed by atoms with E-state index in [0.29, 0.717) is 24.9 Å². The van der Waals surface area contributed by atoms with E-state index in [4.69, 9.17) is 5.73 Å². The molecule has 2 unspecified atom stereocenters. The van der Waals surface area contributed by atoms with Crippen LogP contribution in [0.1, 0.15) is 44.9 Å². The Morgan fingerprint density at radius 2 is 2.00 bits per heavy atom. The number of amides is 2. The highest BCUT2D eigenvalue weighted by Crippen LogP contribution is 2.31. The number of likely N-dealkylation sites (tertiary alicyclic amines) is 1. The number of piperidine rings is 1. The van der Waals surface area contributed by atoms with Gasteiger partial charge in [0.25, 0.3) is 0 Å². The fourth-order valence-electron chi connectivity index (χ4n) is 4.02. The molecule has 3 rings (SSSR count). The first-order valence-electron chi connectivity index (χ1n) is 7.98. The molecule has 3 fully saturated rings. The smallest absolute Gasteiger partial charge is 0.225 e. The average molecular weight is 279 g/mol. The Kier molecular flexibility index (Phi) is 3.96. The van der Waals surface area contributed by atoms with Crippen molar-refractivity contribution >= 4 is 11.8 Å². The second kappa shape index (κ2) is 5.72. The summed E-state index contributed by atoms with van der Waals surface area (Å²) in [5.41, 5.74) is 5.91. The highest BCUT2D eigenvalue weighted by molar-refractivity contribution is 5.84. The first kappa shape index (κ1) is 13.9. The molecule has 1 aliphatic carbocycles. The van der Waals surface area contributed by atoms with Crippen molar-refractivity contribution in [3.8, 4) is 0 Å². The van der Waals surface area contributed by atoms with Crippen LogP contribution < -0.4 is 11.1 Å². The molecule has 3 aliphatic rings. The average Bonchev–Trinajstić information content (AvgIpc) is 2.83. The zero-order valence-electron chi connectivity index (χ0n) is 12.0. The summed E-state index contributed by atoms with van der Waals surface area (Å²) in [4.78, 5) is 26.3. The molecule has 5 nitrogen and oxygen atoms in total. The number of carbonyl (C=O) groups is 2. The van der Waals surface area contributed by atoms with Crippen molar-refractivity contribution in [1.29, 1.82) is 0 Å². The standard InChI is InChI=1S/C15H25N3O2/c16-11-5-3-10(4-6-11)8-14(19)18-7-1-2-12-13(18)9-17-15(12)20/h10-13H,1-9,16H2,(H,17,20). The molecular weight excluding hydrogens is 254 g/mol. The Morgan fingerprint density at radius 3 is 2.75 bits per heavy atom. The van der Waals surface area contributed by atoms with Crippen LogP contribution in [-0.4, -0.2) is 41.9 Å². The van der Waals surface area contributed by atoms with Crippen molar-refractivity contribution in [2.45, 2.75) is 57.0 Å². The molecule has 20 heavy (non-hydrogen) atoms. The number of nitrogens with zero attached hydrogens (tertiary/aromatic N) is 1. The zero-order chi connectivity index (χ0) is 14.1.